The largest absolute Gasteiger partial charge is 0.490 e. The normalized spacial score (nSPS) is 14.8. The Labute approximate surface area is 216 Å². The Morgan fingerprint density at radius 1 is 0.892 bits per heavy atom. The van der Waals surface area contributed by atoms with Crippen molar-refractivity contribution < 1.29 is 18.7 Å². The minimum absolute atomic E-state index is 0.0801. The van der Waals surface area contributed by atoms with Gasteiger partial charge in [0.2, 0.25) is 5.76 Å². The predicted octanol–water partition coefficient (Wildman–Crippen LogP) is 6.66. The smallest absolute Gasteiger partial charge is 0.295 e. The van der Waals surface area contributed by atoms with E-state index in [1.54, 1.807) is 4.90 Å². The fourth-order valence-electron chi connectivity index (χ4n) is 4.88. The molecule has 4 aromatic rings. The second kappa shape index (κ2) is 9.77. The van der Waals surface area contributed by atoms with Crippen LogP contribution in [0, 0.1) is 20.8 Å². The van der Waals surface area contributed by atoms with Crippen LogP contribution < -0.4 is 19.8 Å². The van der Waals surface area contributed by atoms with Crippen molar-refractivity contribution >= 4 is 22.6 Å². The van der Waals surface area contributed by atoms with Crippen LogP contribution in [0.15, 0.2) is 63.8 Å². The number of rotatable bonds is 7. The number of hydrogen-bond donors (Lipinski definition) is 0. The molecular formula is C31H31NO5. The lowest BCUT2D eigenvalue weighted by molar-refractivity contribution is 0.0971. The molecule has 1 aliphatic rings. The van der Waals surface area contributed by atoms with Crippen molar-refractivity contribution in [1.82, 2.24) is 0 Å². The maximum atomic E-state index is 14.0. The van der Waals surface area contributed by atoms with Crippen LogP contribution in [0.4, 0.5) is 5.69 Å². The fourth-order valence-corrected chi connectivity index (χ4v) is 4.88. The van der Waals surface area contributed by atoms with Gasteiger partial charge in [0.25, 0.3) is 5.91 Å². The zero-order chi connectivity index (χ0) is 26.3. The van der Waals surface area contributed by atoms with E-state index in [2.05, 4.69) is 0 Å². The highest BCUT2D eigenvalue weighted by atomic mass is 16.5. The number of ether oxygens (including phenoxy) is 2. The molecule has 1 atom stereocenters. The summed E-state index contributed by atoms with van der Waals surface area (Å²) in [6.07, 6.45) is 0.867. The molecule has 190 valence electrons. The summed E-state index contributed by atoms with van der Waals surface area (Å²) < 4.78 is 18.0. The predicted molar refractivity (Wildman–Crippen MR) is 145 cm³/mol. The summed E-state index contributed by atoms with van der Waals surface area (Å²) in [6, 6.07) is 16.3. The van der Waals surface area contributed by atoms with Crippen molar-refractivity contribution in [3.63, 3.8) is 0 Å². The second-order valence-corrected chi connectivity index (χ2v) is 9.51. The Morgan fingerprint density at radius 3 is 2.41 bits per heavy atom. The molecule has 1 aliphatic heterocycles. The summed E-state index contributed by atoms with van der Waals surface area (Å²) in [5, 5.41) is 0.471. The molecule has 0 bridgehead atoms. The molecule has 1 amide bonds. The summed E-state index contributed by atoms with van der Waals surface area (Å²) in [4.78, 5) is 29.5. The lowest BCUT2D eigenvalue weighted by Gasteiger charge is -2.26. The lowest BCUT2D eigenvalue weighted by Crippen LogP contribution is -2.29. The van der Waals surface area contributed by atoms with E-state index in [9.17, 15) is 9.59 Å². The van der Waals surface area contributed by atoms with Crippen molar-refractivity contribution in [3.05, 3.63) is 98.4 Å². The van der Waals surface area contributed by atoms with Crippen molar-refractivity contribution in [3.8, 4) is 11.5 Å². The highest BCUT2D eigenvalue weighted by Crippen LogP contribution is 2.43. The molecule has 6 heteroatoms. The first-order valence-corrected chi connectivity index (χ1v) is 12.7. The van der Waals surface area contributed by atoms with Gasteiger partial charge < -0.3 is 13.9 Å². The van der Waals surface area contributed by atoms with E-state index in [1.807, 2.05) is 89.2 Å². The molecule has 0 saturated heterocycles. The molecule has 0 aliphatic carbocycles. The van der Waals surface area contributed by atoms with E-state index in [4.69, 9.17) is 13.9 Å². The maximum Gasteiger partial charge on any atom is 0.295 e. The zero-order valence-electron chi connectivity index (χ0n) is 21.9. The average molecular weight is 498 g/mol. The number of carbonyl (C=O) groups excluding carboxylic acids is 1. The molecule has 3 aromatic carbocycles. The minimum atomic E-state index is -0.675. The first-order chi connectivity index (χ1) is 17.8. The minimum Gasteiger partial charge on any atom is -0.490 e. The lowest BCUT2D eigenvalue weighted by atomic mass is 9.96. The van der Waals surface area contributed by atoms with Gasteiger partial charge in [-0.2, -0.15) is 0 Å². The van der Waals surface area contributed by atoms with E-state index in [1.165, 1.54) is 0 Å². The third-order valence-corrected chi connectivity index (χ3v) is 6.81. The third-order valence-electron chi connectivity index (χ3n) is 6.81. The van der Waals surface area contributed by atoms with Crippen LogP contribution in [0.5, 0.6) is 11.5 Å². The van der Waals surface area contributed by atoms with Gasteiger partial charge >= 0.3 is 0 Å². The maximum absolute atomic E-state index is 14.0. The molecule has 2 heterocycles. The first-order valence-electron chi connectivity index (χ1n) is 12.7. The quantitative estimate of drug-likeness (QED) is 0.286. The number of fused-ring (bicyclic) bond motifs is 2. The summed E-state index contributed by atoms with van der Waals surface area (Å²) in [5.74, 6) is 0.953. The van der Waals surface area contributed by atoms with Crippen molar-refractivity contribution in [2.24, 2.45) is 0 Å². The van der Waals surface area contributed by atoms with Gasteiger partial charge in [-0.25, -0.2) is 0 Å². The number of amides is 1. The SMILES string of the molecule is CCCOc1ccc(C2c3c(oc4cc(C)c(C)cc4c3=O)C(=O)N2c2cccc(C)c2)cc1OCC. The van der Waals surface area contributed by atoms with Gasteiger partial charge in [-0.3, -0.25) is 14.5 Å². The topological polar surface area (TPSA) is 69.0 Å². The Kier molecular flexibility index (Phi) is 6.50. The number of hydrogen-bond acceptors (Lipinski definition) is 5. The summed E-state index contributed by atoms with van der Waals surface area (Å²) >= 11 is 0. The molecule has 6 nitrogen and oxygen atoms in total. The Hall–Kier alpha value is -4.06. The number of nitrogens with zero attached hydrogens (tertiary/aromatic N) is 1. The van der Waals surface area contributed by atoms with E-state index < -0.39 is 6.04 Å². The van der Waals surface area contributed by atoms with E-state index in [0.29, 0.717) is 46.9 Å². The van der Waals surface area contributed by atoms with Crippen LogP contribution >= 0.6 is 0 Å². The van der Waals surface area contributed by atoms with Crippen molar-refractivity contribution in [2.75, 3.05) is 18.1 Å². The van der Waals surface area contributed by atoms with Gasteiger partial charge in [0.05, 0.1) is 30.2 Å². The highest BCUT2D eigenvalue weighted by molar-refractivity contribution is 6.10. The molecule has 1 aromatic heterocycles. The number of aryl methyl sites for hydroxylation is 3. The molecule has 1 unspecified atom stereocenters. The van der Waals surface area contributed by atoms with Crippen LogP contribution in [0.2, 0.25) is 0 Å². The zero-order valence-corrected chi connectivity index (χ0v) is 21.9. The summed E-state index contributed by atoms with van der Waals surface area (Å²) in [7, 11) is 0. The standard InChI is InChI=1S/C31H31NO5/c1-6-13-36-24-12-11-21(17-26(24)35-7-2)28-27-29(33)23-15-19(4)20(5)16-25(23)37-30(27)31(34)32(28)22-10-8-9-18(3)14-22/h8-12,14-17,28H,6-7,13H2,1-5H3. The van der Waals surface area contributed by atoms with Crippen molar-refractivity contribution in [2.45, 2.75) is 47.1 Å². The van der Waals surface area contributed by atoms with Crippen LogP contribution in [-0.2, 0) is 0 Å². The van der Waals surface area contributed by atoms with Crippen LogP contribution in [0.3, 0.4) is 0 Å². The van der Waals surface area contributed by atoms with Crippen molar-refractivity contribution in [1.29, 1.82) is 0 Å². The molecule has 0 N–H and O–H groups in total. The number of carbonyl (C=O) groups is 1. The highest BCUT2D eigenvalue weighted by Gasteiger charge is 2.44. The van der Waals surface area contributed by atoms with Gasteiger partial charge in [0, 0.05) is 5.69 Å². The molecular weight excluding hydrogens is 466 g/mol. The average Bonchev–Trinajstić information content (AvgIpc) is 3.17. The molecule has 5 rings (SSSR count). The Balaban J connectivity index is 1.77. The van der Waals surface area contributed by atoms with Gasteiger partial charge in [0.1, 0.15) is 5.58 Å². The summed E-state index contributed by atoms with van der Waals surface area (Å²) in [5.41, 5.74) is 5.00. The monoisotopic (exact) mass is 497 g/mol. The van der Waals surface area contributed by atoms with Crippen LogP contribution in [-0.4, -0.2) is 19.1 Å². The van der Waals surface area contributed by atoms with Crippen LogP contribution in [0.1, 0.15) is 64.7 Å². The van der Waals surface area contributed by atoms with Gasteiger partial charge in [-0.15, -0.1) is 0 Å². The van der Waals surface area contributed by atoms with Gasteiger partial charge in [-0.05, 0) is 92.8 Å². The Bertz CT molecular complexity index is 1570. The van der Waals surface area contributed by atoms with Gasteiger partial charge in [-0.1, -0.05) is 25.1 Å². The summed E-state index contributed by atoms with van der Waals surface area (Å²) in [6.45, 7) is 10.9. The fraction of sp³-hybridized carbons (Fsp3) is 0.290. The molecule has 37 heavy (non-hydrogen) atoms. The second-order valence-electron chi connectivity index (χ2n) is 9.51. The molecule has 0 fully saturated rings. The molecule has 0 spiro atoms. The third kappa shape index (κ3) is 4.26. The Morgan fingerprint density at radius 2 is 1.68 bits per heavy atom. The van der Waals surface area contributed by atoms with E-state index in [-0.39, 0.29) is 17.1 Å². The van der Waals surface area contributed by atoms with Gasteiger partial charge in [0.15, 0.2) is 16.9 Å². The number of benzene rings is 3. The van der Waals surface area contributed by atoms with Crippen LogP contribution in [0.25, 0.3) is 11.0 Å². The van der Waals surface area contributed by atoms with E-state index >= 15 is 0 Å². The molecule has 0 radical (unpaired) electrons. The van der Waals surface area contributed by atoms with E-state index in [0.717, 1.165) is 28.7 Å². The first kappa shape index (κ1) is 24.6. The molecule has 0 saturated carbocycles. The number of anilines is 1.